The molecule has 1 atom stereocenters. The molecule has 0 spiro atoms. The number of benzene rings is 1. The molecule has 0 bridgehead atoms. The molecule has 150 valence electrons. The fraction of sp³-hybridized carbons (Fsp3) is 0.318. The van der Waals surface area contributed by atoms with Crippen LogP contribution in [0.3, 0.4) is 0 Å². The number of aryl methyl sites for hydroxylation is 2. The lowest BCUT2D eigenvalue weighted by Gasteiger charge is -2.16. The molecule has 0 aliphatic heterocycles. The maximum atomic E-state index is 13.2. The molecular weight excluding hydrogens is 366 g/mol. The van der Waals surface area contributed by atoms with Gasteiger partial charge < -0.3 is 4.57 Å². The first-order chi connectivity index (χ1) is 13.9. The topological polar surface area (TPSA) is 66.2 Å². The lowest BCUT2D eigenvalue weighted by molar-refractivity contribution is 0.637. The van der Waals surface area contributed by atoms with E-state index in [4.69, 9.17) is 4.98 Å². The molecule has 3 aromatic heterocycles. The van der Waals surface area contributed by atoms with E-state index in [0.717, 1.165) is 17.0 Å². The van der Waals surface area contributed by atoms with Crippen LogP contribution in [0.2, 0.25) is 0 Å². The molecular formula is C22H25N5O2. The maximum Gasteiger partial charge on any atom is 0.332 e. The van der Waals surface area contributed by atoms with Crippen molar-refractivity contribution < 1.29 is 0 Å². The second-order valence-corrected chi connectivity index (χ2v) is 7.37. The van der Waals surface area contributed by atoms with E-state index in [1.807, 2.05) is 49.4 Å². The van der Waals surface area contributed by atoms with Crippen LogP contribution in [0.1, 0.15) is 36.8 Å². The van der Waals surface area contributed by atoms with Crippen LogP contribution in [0.4, 0.5) is 0 Å². The predicted octanol–water partition coefficient (Wildman–Crippen LogP) is 2.95. The van der Waals surface area contributed by atoms with E-state index in [9.17, 15) is 9.59 Å². The van der Waals surface area contributed by atoms with Crippen LogP contribution in [0.25, 0.3) is 16.9 Å². The molecule has 0 aliphatic rings. The van der Waals surface area contributed by atoms with Crippen molar-refractivity contribution in [3.8, 4) is 0 Å². The molecule has 0 saturated carbocycles. The Kier molecular flexibility index (Phi) is 4.53. The molecule has 4 rings (SSSR count). The van der Waals surface area contributed by atoms with Crippen molar-refractivity contribution in [3.63, 3.8) is 0 Å². The molecule has 3 heterocycles. The van der Waals surface area contributed by atoms with E-state index in [1.54, 1.807) is 13.1 Å². The summed E-state index contributed by atoms with van der Waals surface area (Å²) < 4.78 is 6.73. The summed E-state index contributed by atoms with van der Waals surface area (Å²) in [6, 6.07) is 10.2. The molecule has 0 amide bonds. The van der Waals surface area contributed by atoms with Gasteiger partial charge in [-0.25, -0.2) is 4.79 Å². The van der Waals surface area contributed by atoms with Gasteiger partial charge in [0.05, 0.1) is 6.04 Å². The summed E-state index contributed by atoms with van der Waals surface area (Å²) in [7, 11) is 1.66. The van der Waals surface area contributed by atoms with E-state index < -0.39 is 0 Å². The van der Waals surface area contributed by atoms with Crippen molar-refractivity contribution >= 4 is 16.9 Å². The SMILES string of the molecule is C/C=C/Cn1c(=O)c2c(nc3n([C@@H](C)c4ccccc4)c(C)c(C)n23)n(C)c1=O. The smallest absolute Gasteiger partial charge is 0.307 e. The zero-order valence-electron chi connectivity index (χ0n) is 17.4. The van der Waals surface area contributed by atoms with Gasteiger partial charge in [0.1, 0.15) is 0 Å². The van der Waals surface area contributed by atoms with Crippen LogP contribution >= 0.6 is 0 Å². The van der Waals surface area contributed by atoms with Crippen molar-refractivity contribution in [1.82, 2.24) is 23.1 Å². The number of imidazole rings is 2. The third kappa shape index (κ3) is 2.68. The van der Waals surface area contributed by atoms with Crippen LogP contribution in [0.5, 0.6) is 0 Å². The summed E-state index contributed by atoms with van der Waals surface area (Å²) in [6.45, 7) is 8.24. The predicted molar refractivity (Wildman–Crippen MR) is 115 cm³/mol. The first-order valence-corrected chi connectivity index (χ1v) is 9.74. The van der Waals surface area contributed by atoms with Gasteiger partial charge in [-0.3, -0.25) is 18.3 Å². The monoisotopic (exact) mass is 391 g/mol. The van der Waals surface area contributed by atoms with Crippen molar-refractivity contribution in [2.24, 2.45) is 7.05 Å². The maximum absolute atomic E-state index is 13.2. The molecule has 0 radical (unpaired) electrons. The Hall–Kier alpha value is -3.35. The second-order valence-electron chi connectivity index (χ2n) is 7.37. The van der Waals surface area contributed by atoms with Crippen molar-refractivity contribution in [2.45, 2.75) is 40.3 Å². The zero-order valence-corrected chi connectivity index (χ0v) is 17.4. The zero-order chi connectivity index (χ0) is 20.9. The van der Waals surface area contributed by atoms with E-state index in [0.29, 0.717) is 16.9 Å². The number of fused-ring (bicyclic) bond motifs is 3. The first-order valence-electron chi connectivity index (χ1n) is 9.74. The summed E-state index contributed by atoms with van der Waals surface area (Å²) in [6.07, 6.45) is 3.63. The Morgan fingerprint density at radius 3 is 2.45 bits per heavy atom. The largest absolute Gasteiger partial charge is 0.332 e. The highest BCUT2D eigenvalue weighted by Gasteiger charge is 2.24. The fourth-order valence-electron chi connectivity index (χ4n) is 3.99. The van der Waals surface area contributed by atoms with Gasteiger partial charge >= 0.3 is 5.69 Å². The van der Waals surface area contributed by atoms with Crippen molar-refractivity contribution in [1.29, 1.82) is 0 Å². The van der Waals surface area contributed by atoms with Crippen LogP contribution in [-0.4, -0.2) is 23.1 Å². The van der Waals surface area contributed by atoms with E-state index >= 15 is 0 Å². The van der Waals surface area contributed by atoms with Crippen molar-refractivity contribution in [2.75, 3.05) is 0 Å². The van der Waals surface area contributed by atoms with Gasteiger partial charge in [0, 0.05) is 25.0 Å². The fourth-order valence-corrected chi connectivity index (χ4v) is 3.99. The molecule has 0 saturated heterocycles. The standard InChI is InChI=1S/C22H25N5O2/c1-6-7-13-25-20(28)18-19(24(5)22(25)29)23-21-26(14(2)15(3)27(18)21)16(4)17-11-9-8-10-12-17/h6-12,16H,13H2,1-5H3/b7-6+/t16-/m0/s1. The molecule has 0 fully saturated rings. The summed E-state index contributed by atoms with van der Waals surface area (Å²) >= 11 is 0. The molecule has 0 aliphatic carbocycles. The number of aromatic nitrogens is 5. The van der Waals surface area contributed by atoms with Gasteiger partial charge in [0.15, 0.2) is 11.2 Å². The Morgan fingerprint density at radius 1 is 1.10 bits per heavy atom. The van der Waals surface area contributed by atoms with Gasteiger partial charge in [-0.2, -0.15) is 4.98 Å². The minimum Gasteiger partial charge on any atom is -0.307 e. The summed E-state index contributed by atoms with van der Waals surface area (Å²) in [5.74, 6) is 0.669. The number of hydrogen-bond donors (Lipinski definition) is 0. The number of nitrogens with zero attached hydrogens (tertiary/aromatic N) is 5. The Balaban J connectivity index is 2.10. The van der Waals surface area contributed by atoms with Gasteiger partial charge in [-0.05, 0) is 33.3 Å². The number of allylic oxidation sites excluding steroid dienone is 2. The third-order valence-corrected chi connectivity index (χ3v) is 5.75. The molecule has 7 nitrogen and oxygen atoms in total. The van der Waals surface area contributed by atoms with E-state index in [2.05, 4.69) is 23.6 Å². The Morgan fingerprint density at radius 2 is 1.79 bits per heavy atom. The van der Waals surface area contributed by atoms with Crippen molar-refractivity contribution in [3.05, 3.63) is 80.3 Å². The highest BCUT2D eigenvalue weighted by atomic mass is 16.2. The number of hydrogen-bond acceptors (Lipinski definition) is 3. The minimum absolute atomic E-state index is 0.0338. The summed E-state index contributed by atoms with van der Waals surface area (Å²) in [5, 5.41) is 0. The molecule has 0 N–H and O–H groups in total. The van der Waals surface area contributed by atoms with Crippen LogP contribution in [0, 0.1) is 13.8 Å². The number of rotatable bonds is 4. The lowest BCUT2D eigenvalue weighted by Crippen LogP contribution is -2.39. The van der Waals surface area contributed by atoms with Gasteiger partial charge in [0.2, 0.25) is 5.78 Å². The molecule has 4 aromatic rings. The molecule has 0 unspecified atom stereocenters. The second kappa shape index (κ2) is 6.92. The van der Waals surface area contributed by atoms with E-state index in [-0.39, 0.29) is 23.8 Å². The third-order valence-electron chi connectivity index (χ3n) is 5.75. The highest BCUT2D eigenvalue weighted by Crippen LogP contribution is 2.27. The molecule has 29 heavy (non-hydrogen) atoms. The Labute approximate surface area is 168 Å². The van der Waals surface area contributed by atoms with Crippen LogP contribution < -0.4 is 11.2 Å². The lowest BCUT2D eigenvalue weighted by atomic mass is 10.1. The average Bonchev–Trinajstić information content (AvgIpc) is 3.22. The average molecular weight is 391 g/mol. The summed E-state index contributed by atoms with van der Waals surface area (Å²) in [4.78, 5) is 30.7. The summed E-state index contributed by atoms with van der Waals surface area (Å²) in [5.41, 5.74) is 3.30. The quantitative estimate of drug-likeness (QED) is 0.503. The molecule has 7 heteroatoms. The van der Waals surface area contributed by atoms with Gasteiger partial charge in [0.25, 0.3) is 5.56 Å². The molecule has 1 aromatic carbocycles. The minimum atomic E-state index is -0.363. The Bertz CT molecular complexity index is 1370. The first kappa shape index (κ1) is 19.0. The van der Waals surface area contributed by atoms with Crippen LogP contribution in [0.15, 0.2) is 52.1 Å². The van der Waals surface area contributed by atoms with E-state index in [1.165, 1.54) is 9.13 Å². The highest BCUT2D eigenvalue weighted by molar-refractivity contribution is 5.76. The van der Waals surface area contributed by atoms with Crippen LogP contribution in [-0.2, 0) is 13.6 Å². The van der Waals surface area contributed by atoms with Gasteiger partial charge in [-0.1, -0.05) is 42.5 Å². The van der Waals surface area contributed by atoms with Gasteiger partial charge in [-0.15, -0.1) is 0 Å². The normalized spacial score (nSPS) is 13.1.